The van der Waals surface area contributed by atoms with E-state index in [-0.39, 0.29) is 38.6 Å². The van der Waals surface area contributed by atoms with Gasteiger partial charge in [-0.05, 0) is 44.9 Å². The molecule has 0 heterocycles. The van der Waals surface area contributed by atoms with Crippen LogP contribution in [0.25, 0.3) is 0 Å². The van der Waals surface area contributed by atoms with Crippen molar-refractivity contribution < 1.29 is 37.6 Å². The molecule has 0 aromatic rings. The molecule has 0 spiro atoms. The molecule has 10 heteroatoms. The van der Waals surface area contributed by atoms with Crippen molar-refractivity contribution in [3.05, 3.63) is 24.3 Å². The molecular formula is C49H94NO8P. The number of allylic oxidation sites excluding steroid dienone is 4. The molecule has 0 rings (SSSR count). The number of nitrogens with two attached hydrogens (primary N) is 1. The van der Waals surface area contributed by atoms with Crippen LogP contribution in [0.1, 0.15) is 245 Å². The van der Waals surface area contributed by atoms with Gasteiger partial charge in [-0.1, -0.05) is 212 Å². The molecule has 0 aliphatic carbocycles. The van der Waals surface area contributed by atoms with Crippen LogP contribution in [0.2, 0.25) is 0 Å². The van der Waals surface area contributed by atoms with Gasteiger partial charge in [0.05, 0.1) is 13.2 Å². The van der Waals surface area contributed by atoms with E-state index in [9.17, 15) is 19.0 Å². The summed E-state index contributed by atoms with van der Waals surface area (Å²) in [6, 6.07) is 0. The van der Waals surface area contributed by atoms with Crippen LogP contribution in [0.5, 0.6) is 0 Å². The Morgan fingerprint density at radius 2 is 0.864 bits per heavy atom. The van der Waals surface area contributed by atoms with Crippen LogP contribution >= 0.6 is 7.82 Å². The Morgan fingerprint density at radius 1 is 0.492 bits per heavy atom. The van der Waals surface area contributed by atoms with Crippen LogP contribution in [0, 0.1) is 0 Å². The number of hydrogen-bond donors (Lipinski definition) is 2. The third kappa shape index (κ3) is 45.8. The summed E-state index contributed by atoms with van der Waals surface area (Å²) in [5.41, 5.74) is 5.36. The lowest BCUT2D eigenvalue weighted by Gasteiger charge is -2.19. The first-order valence-corrected chi connectivity index (χ1v) is 26.3. The van der Waals surface area contributed by atoms with Gasteiger partial charge in [-0.2, -0.15) is 0 Å². The van der Waals surface area contributed by atoms with E-state index < -0.39 is 26.5 Å². The largest absolute Gasteiger partial charge is 0.472 e. The molecule has 3 N–H and O–H groups in total. The van der Waals surface area contributed by atoms with Gasteiger partial charge in [0.2, 0.25) is 0 Å². The average Bonchev–Trinajstić information content (AvgIpc) is 3.22. The molecule has 0 amide bonds. The topological polar surface area (TPSA) is 134 Å². The minimum Gasteiger partial charge on any atom is -0.462 e. The van der Waals surface area contributed by atoms with E-state index in [1.54, 1.807) is 0 Å². The molecule has 0 aromatic carbocycles. The smallest absolute Gasteiger partial charge is 0.462 e. The molecule has 0 aliphatic rings. The van der Waals surface area contributed by atoms with Crippen LogP contribution in [0.15, 0.2) is 24.3 Å². The molecule has 0 saturated heterocycles. The lowest BCUT2D eigenvalue weighted by Crippen LogP contribution is -2.29. The number of unbranched alkanes of at least 4 members (excludes halogenated alkanes) is 30. The number of carbonyl (C=O) groups is 2. The molecule has 0 aromatic heterocycles. The summed E-state index contributed by atoms with van der Waals surface area (Å²) < 4.78 is 32.8. The van der Waals surface area contributed by atoms with Gasteiger partial charge < -0.3 is 20.1 Å². The van der Waals surface area contributed by atoms with Gasteiger partial charge in [0.1, 0.15) is 6.61 Å². The maximum absolute atomic E-state index is 12.6. The van der Waals surface area contributed by atoms with Gasteiger partial charge in [-0.3, -0.25) is 18.6 Å². The van der Waals surface area contributed by atoms with Crippen LogP contribution in [-0.2, 0) is 32.7 Å². The van der Waals surface area contributed by atoms with Crippen LogP contribution in [0.4, 0.5) is 0 Å². The molecule has 0 saturated carbocycles. The highest BCUT2D eigenvalue weighted by Gasteiger charge is 2.26. The summed E-state index contributed by atoms with van der Waals surface area (Å²) in [4.78, 5) is 34.9. The van der Waals surface area contributed by atoms with Crippen molar-refractivity contribution in [3.63, 3.8) is 0 Å². The highest BCUT2D eigenvalue weighted by Crippen LogP contribution is 2.43. The molecular weight excluding hydrogens is 762 g/mol. The minimum absolute atomic E-state index is 0.0496. The van der Waals surface area contributed by atoms with Crippen molar-refractivity contribution >= 4 is 19.8 Å². The Bertz CT molecular complexity index is 1020. The maximum atomic E-state index is 12.6. The van der Waals surface area contributed by atoms with Crippen molar-refractivity contribution in [2.75, 3.05) is 26.4 Å². The van der Waals surface area contributed by atoms with Crippen molar-refractivity contribution in [1.82, 2.24) is 0 Å². The van der Waals surface area contributed by atoms with Crippen molar-refractivity contribution in [3.8, 4) is 0 Å². The van der Waals surface area contributed by atoms with Gasteiger partial charge in [-0.25, -0.2) is 4.57 Å². The van der Waals surface area contributed by atoms with Crippen LogP contribution in [0.3, 0.4) is 0 Å². The summed E-state index contributed by atoms with van der Waals surface area (Å²) in [7, 11) is -4.39. The van der Waals surface area contributed by atoms with Crippen molar-refractivity contribution in [1.29, 1.82) is 0 Å². The van der Waals surface area contributed by atoms with E-state index in [2.05, 4.69) is 38.2 Å². The molecule has 9 nitrogen and oxygen atoms in total. The first-order chi connectivity index (χ1) is 28.8. The molecule has 0 radical (unpaired) electrons. The summed E-state index contributed by atoms with van der Waals surface area (Å²) in [6.45, 7) is 3.73. The lowest BCUT2D eigenvalue weighted by molar-refractivity contribution is -0.161. The monoisotopic (exact) mass is 856 g/mol. The number of phosphoric ester groups is 1. The number of esters is 2. The number of hydrogen-bond acceptors (Lipinski definition) is 8. The minimum atomic E-state index is -4.39. The Hall–Kier alpha value is -1.51. The van der Waals surface area contributed by atoms with E-state index in [1.807, 2.05) is 0 Å². The summed E-state index contributed by atoms with van der Waals surface area (Å²) >= 11 is 0. The fourth-order valence-electron chi connectivity index (χ4n) is 7.13. The Kier molecular flexibility index (Phi) is 44.8. The normalized spacial score (nSPS) is 13.4. The zero-order chi connectivity index (χ0) is 43.2. The molecule has 0 fully saturated rings. The highest BCUT2D eigenvalue weighted by molar-refractivity contribution is 7.47. The fraction of sp³-hybridized carbons (Fsp3) is 0.878. The van der Waals surface area contributed by atoms with Gasteiger partial charge in [-0.15, -0.1) is 0 Å². The third-order valence-corrected chi connectivity index (χ3v) is 11.8. The lowest BCUT2D eigenvalue weighted by atomic mass is 10.0. The predicted octanol–water partition coefficient (Wildman–Crippen LogP) is 14.7. The second kappa shape index (κ2) is 46.0. The number of rotatable bonds is 47. The van der Waals surface area contributed by atoms with Gasteiger partial charge in [0, 0.05) is 19.4 Å². The quantitative estimate of drug-likeness (QED) is 0.0265. The van der Waals surface area contributed by atoms with Crippen LogP contribution < -0.4 is 5.73 Å². The van der Waals surface area contributed by atoms with Gasteiger partial charge in [0.15, 0.2) is 6.10 Å². The van der Waals surface area contributed by atoms with Crippen LogP contribution in [-0.4, -0.2) is 49.3 Å². The highest BCUT2D eigenvalue weighted by atomic mass is 31.2. The first-order valence-electron chi connectivity index (χ1n) is 24.8. The third-order valence-electron chi connectivity index (χ3n) is 10.8. The summed E-state index contributed by atoms with van der Waals surface area (Å²) in [5.74, 6) is -0.866. The second-order valence-electron chi connectivity index (χ2n) is 16.7. The zero-order valence-corrected chi connectivity index (χ0v) is 39.4. The molecule has 59 heavy (non-hydrogen) atoms. The average molecular weight is 856 g/mol. The predicted molar refractivity (Wildman–Crippen MR) is 247 cm³/mol. The van der Waals surface area contributed by atoms with Crippen molar-refractivity contribution in [2.45, 2.75) is 251 Å². The maximum Gasteiger partial charge on any atom is 0.472 e. The fourth-order valence-corrected chi connectivity index (χ4v) is 7.89. The first kappa shape index (κ1) is 57.5. The van der Waals surface area contributed by atoms with E-state index in [4.69, 9.17) is 24.3 Å². The number of phosphoric acid groups is 1. The Balaban J connectivity index is 4.08. The molecule has 2 atom stereocenters. The molecule has 0 bridgehead atoms. The van der Waals surface area contributed by atoms with Gasteiger partial charge >= 0.3 is 19.8 Å². The standard InChI is InChI=1S/C49H94NO8P/c1-3-5-7-9-11-13-15-17-19-20-21-22-23-24-25-26-28-30-32-34-36-38-40-42-49(52)58-47(46-57-59(53,54)56-44-43-50)45-55-48(51)41-39-37-35-33-31-29-27-18-16-14-12-10-8-6-4-2/h26,28,34,36,47H,3-25,27,29-33,35,37-46,50H2,1-2H3,(H,53,54)/b28-26+,36-34+/t47-/m1/s1. The zero-order valence-electron chi connectivity index (χ0n) is 38.5. The van der Waals surface area contributed by atoms with E-state index in [0.29, 0.717) is 6.42 Å². The SMILES string of the molecule is CCCCCCCCCCCCCCCC/C=C/CC/C=C/CCCC(=O)O[C@H](COC(=O)CCCCCCCCCCCCCCCCC)COP(=O)(O)OCCN. The molecule has 1 unspecified atom stereocenters. The number of ether oxygens (including phenoxy) is 2. The Labute approximate surface area is 363 Å². The van der Waals surface area contributed by atoms with Crippen molar-refractivity contribution in [2.24, 2.45) is 5.73 Å². The van der Waals surface area contributed by atoms with E-state index >= 15 is 0 Å². The molecule has 0 aliphatic heterocycles. The van der Waals surface area contributed by atoms with E-state index in [1.165, 1.54) is 167 Å². The van der Waals surface area contributed by atoms with Gasteiger partial charge in [0.25, 0.3) is 0 Å². The summed E-state index contributed by atoms with van der Waals surface area (Å²) in [5, 5.41) is 0. The summed E-state index contributed by atoms with van der Waals surface area (Å²) in [6.07, 6.45) is 50.9. The Morgan fingerprint density at radius 3 is 1.31 bits per heavy atom. The number of carbonyl (C=O) groups excluding carboxylic acids is 2. The van der Waals surface area contributed by atoms with E-state index in [0.717, 1.165) is 44.9 Å². The second-order valence-corrected chi connectivity index (χ2v) is 18.1. The molecule has 348 valence electrons.